The van der Waals surface area contributed by atoms with Crippen LogP contribution in [0, 0.1) is 0 Å². The third kappa shape index (κ3) is 5.13. The van der Waals surface area contributed by atoms with Gasteiger partial charge in [-0.2, -0.15) is 0 Å². The number of esters is 1. The highest BCUT2D eigenvalue weighted by molar-refractivity contribution is 8.00. The Bertz CT molecular complexity index is 814. The van der Waals surface area contributed by atoms with E-state index in [-0.39, 0.29) is 23.1 Å². The largest absolute Gasteiger partial charge is 0.458 e. The molecule has 1 aromatic rings. The summed E-state index contributed by atoms with van der Waals surface area (Å²) in [6.07, 6.45) is 2.09. The molecule has 1 fully saturated rings. The Morgan fingerprint density at radius 3 is 2.64 bits per heavy atom. The number of ether oxygens (including phenoxy) is 1. The standard InChI is InChI=1S/C18H17Cl3N2O3S2/c1-10-12(17(25)26-9-18(19,20)21)8-23-15(24)14(16(23)28-10)22-13(27)7-11-5-3-2-4-6-11/h2-6,8,10,14,16H,7,9H2,1H3,(H,22,27)/t10?,14?,16-/m1/s1. The van der Waals surface area contributed by atoms with E-state index in [0.29, 0.717) is 17.0 Å². The van der Waals surface area contributed by atoms with Gasteiger partial charge in [0.05, 0.1) is 10.6 Å². The number of halogens is 3. The second kappa shape index (κ2) is 8.79. The molecule has 2 unspecified atom stereocenters. The first kappa shape index (κ1) is 21.7. The fourth-order valence-electron chi connectivity index (χ4n) is 2.89. The summed E-state index contributed by atoms with van der Waals surface area (Å²) in [6, 6.07) is 9.38. The van der Waals surface area contributed by atoms with Gasteiger partial charge in [-0.15, -0.1) is 11.8 Å². The summed E-state index contributed by atoms with van der Waals surface area (Å²) in [7, 11) is 0. The summed E-state index contributed by atoms with van der Waals surface area (Å²) >= 11 is 23.7. The van der Waals surface area contributed by atoms with Crippen LogP contribution in [0.25, 0.3) is 0 Å². The van der Waals surface area contributed by atoms with Crippen molar-refractivity contribution in [1.29, 1.82) is 0 Å². The Kier molecular flexibility index (Phi) is 6.82. The minimum Gasteiger partial charge on any atom is -0.458 e. The molecule has 1 amide bonds. The molecule has 1 saturated heterocycles. The number of carbonyl (C=O) groups is 2. The Morgan fingerprint density at radius 1 is 1.32 bits per heavy atom. The van der Waals surface area contributed by atoms with Gasteiger partial charge in [0.2, 0.25) is 3.79 Å². The number of thiocarbonyl (C=S) groups is 1. The van der Waals surface area contributed by atoms with Crippen LogP contribution in [0.15, 0.2) is 42.1 Å². The predicted molar refractivity (Wildman–Crippen MR) is 117 cm³/mol. The summed E-state index contributed by atoms with van der Waals surface area (Å²) < 4.78 is 3.35. The van der Waals surface area contributed by atoms with Gasteiger partial charge in [-0.05, 0) is 12.5 Å². The van der Waals surface area contributed by atoms with E-state index in [1.54, 1.807) is 0 Å². The number of carbonyl (C=O) groups excluding carboxylic acids is 2. The zero-order valence-electron chi connectivity index (χ0n) is 14.7. The average Bonchev–Trinajstić information content (AvgIpc) is 2.64. The van der Waals surface area contributed by atoms with Crippen molar-refractivity contribution < 1.29 is 14.3 Å². The van der Waals surface area contributed by atoms with Crippen LogP contribution in [0.1, 0.15) is 12.5 Å². The van der Waals surface area contributed by atoms with Crippen LogP contribution in [-0.4, -0.2) is 48.8 Å². The van der Waals surface area contributed by atoms with Crippen molar-refractivity contribution in [3.8, 4) is 0 Å². The SMILES string of the molecule is CC1S[C@@H]2C(NC(=S)Cc3ccccc3)C(=O)N2C=C1C(=O)OCC(Cl)(Cl)Cl. The molecule has 0 radical (unpaired) electrons. The van der Waals surface area contributed by atoms with Crippen LogP contribution in [0.3, 0.4) is 0 Å². The van der Waals surface area contributed by atoms with Crippen molar-refractivity contribution >= 4 is 75.6 Å². The van der Waals surface area contributed by atoms with Crippen molar-refractivity contribution in [2.24, 2.45) is 0 Å². The molecule has 5 nitrogen and oxygen atoms in total. The van der Waals surface area contributed by atoms with Crippen molar-refractivity contribution in [3.63, 3.8) is 0 Å². The summed E-state index contributed by atoms with van der Waals surface area (Å²) in [5.74, 6) is -0.750. The normalized spacial score (nSPS) is 24.0. The number of rotatable bonds is 5. The fourth-order valence-corrected chi connectivity index (χ4v) is 4.71. The fraction of sp³-hybridized carbons (Fsp3) is 0.389. The number of thioether (sulfide) groups is 1. The van der Waals surface area contributed by atoms with Gasteiger partial charge in [-0.1, -0.05) is 77.4 Å². The summed E-state index contributed by atoms with van der Waals surface area (Å²) in [6.45, 7) is 1.51. The highest BCUT2D eigenvalue weighted by Gasteiger charge is 2.51. The van der Waals surface area contributed by atoms with E-state index in [1.807, 2.05) is 37.3 Å². The number of nitrogens with one attached hydrogen (secondary N) is 1. The molecule has 3 rings (SSSR count). The van der Waals surface area contributed by atoms with Gasteiger partial charge in [0.15, 0.2) is 0 Å². The Morgan fingerprint density at radius 2 is 2.00 bits per heavy atom. The number of hydrogen-bond acceptors (Lipinski definition) is 5. The predicted octanol–water partition coefficient (Wildman–Crippen LogP) is 3.62. The van der Waals surface area contributed by atoms with Gasteiger partial charge in [-0.25, -0.2) is 4.79 Å². The molecule has 0 aliphatic carbocycles. The molecule has 2 aliphatic rings. The van der Waals surface area contributed by atoms with Crippen LogP contribution in [-0.2, 0) is 20.7 Å². The second-order valence-electron chi connectivity index (χ2n) is 6.40. The quantitative estimate of drug-likeness (QED) is 0.301. The molecule has 28 heavy (non-hydrogen) atoms. The lowest BCUT2D eigenvalue weighted by Crippen LogP contribution is -2.69. The second-order valence-corrected chi connectivity index (χ2v) is 10.9. The van der Waals surface area contributed by atoms with E-state index in [4.69, 9.17) is 51.8 Å². The van der Waals surface area contributed by atoms with Gasteiger partial charge in [0.1, 0.15) is 18.0 Å². The lowest BCUT2D eigenvalue weighted by molar-refractivity contribution is -0.141. The molecular weight excluding hydrogens is 463 g/mol. The van der Waals surface area contributed by atoms with E-state index in [2.05, 4.69) is 5.32 Å². The summed E-state index contributed by atoms with van der Waals surface area (Å²) in [5.41, 5.74) is 1.43. The highest BCUT2D eigenvalue weighted by atomic mass is 35.6. The third-order valence-corrected chi connectivity index (χ3v) is 6.30. The van der Waals surface area contributed by atoms with E-state index in [1.165, 1.54) is 22.9 Å². The minimum absolute atomic E-state index is 0.138. The van der Waals surface area contributed by atoms with Gasteiger partial charge in [0, 0.05) is 17.9 Å². The minimum atomic E-state index is -1.68. The average molecular weight is 480 g/mol. The molecule has 0 spiro atoms. The van der Waals surface area contributed by atoms with E-state index >= 15 is 0 Å². The smallest absolute Gasteiger partial charge is 0.336 e. The molecule has 2 aliphatic heterocycles. The number of β-lactam (4-membered cyclic amide) rings is 1. The van der Waals surface area contributed by atoms with Crippen molar-refractivity contribution in [2.45, 2.75) is 33.8 Å². The number of alkyl halides is 3. The van der Waals surface area contributed by atoms with Crippen molar-refractivity contribution in [2.75, 3.05) is 6.61 Å². The highest BCUT2D eigenvalue weighted by Crippen LogP contribution is 2.41. The maximum absolute atomic E-state index is 12.5. The van der Waals surface area contributed by atoms with E-state index < -0.39 is 15.8 Å². The summed E-state index contributed by atoms with van der Waals surface area (Å²) in [5, 5.41) is 2.83. The molecule has 3 atom stereocenters. The molecule has 0 saturated carbocycles. The molecular formula is C18H17Cl3N2O3S2. The van der Waals surface area contributed by atoms with E-state index in [0.717, 1.165) is 5.56 Å². The first-order valence-corrected chi connectivity index (χ1v) is 10.9. The maximum Gasteiger partial charge on any atom is 0.336 e. The van der Waals surface area contributed by atoms with Crippen LogP contribution in [0.5, 0.6) is 0 Å². The zero-order chi connectivity index (χ0) is 20.5. The molecule has 0 bridgehead atoms. The maximum atomic E-state index is 12.5. The number of amides is 1. The van der Waals surface area contributed by atoms with E-state index in [9.17, 15) is 9.59 Å². The molecule has 10 heteroatoms. The van der Waals surface area contributed by atoms with Gasteiger partial charge in [-0.3, -0.25) is 4.79 Å². The Hall–Kier alpha value is -0.990. The van der Waals surface area contributed by atoms with Crippen LogP contribution < -0.4 is 5.32 Å². The third-order valence-electron chi connectivity index (χ3n) is 4.27. The lowest BCUT2D eigenvalue weighted by Gasteiger charge is -2.49. The first-order valence-electron chi connectivity index (χ1n) is 8.42. The topological polar surface area (TPSA) is 58.6 Å². The lowest BCUT2D eigenvalue weighted by atomic mass is 10.1. The molecule has 150 valence electrons. The monoisotopic (exact) mass is 478 g/mol. The number of benzene rings is 1. The Labute approximate surface area is 187 Å². The Balaban J connectivity index is 1.60. The van der Waals surface area contributed by atoms with Crippen LogP contribution in [0.4, 0.5) is 0 Å². The van der Waals surface area contributed by atoms with Crippen LogP contribution >= 0.6 is 58.8 Å². The van der Waals surface area contributed by atoms with Crippen LogP contribution in [0.2, 0.25) is 0 Å². The number of hydrogen-bond donors (Lipinski definition) is 1. The van der Waals surface area contributed by atoms with Gasteiger partial charge >= 0.3 is 5.97 Å². The van der Waals surface area contributed by atoms with Crippen molar-refractivity contribution in [3.05, 3.63) is 47.7 Å². The number of nitrogens with zero attached hydrogens (tertiary/aromatic N) is 1. The number of fused-ring (bicyclic) bond motifs is 1. The van der Waals surface area contributed by atoms with Crippen molar-refractivity contribution in [1.82, 2.24) is 10.2 Å². The molecule has 0 aromatic heterocycles. The molecule has 1 N–H and O–H groups in total. The molecule has 1 aromatic carbocycles. The zero-order valence-corrected chi connectivity index (χ0v) is 18.6. The first-order chi connectivity index (χ1) is 13.2. The molecule has 2 heterocycles. The van der Waals surface area contributed by atoms with Gasteiger partial charge < -0.3 is 15.0 Å². The summed E-state index contributed by atoms with van der Waals surface area (Å²) in [4.78, 5) is 26.9. The van der Waals surface area contributed by atoms with Gasteiger partial charge in [0.25, 0.3) is 5.91 Å².